The van der Waals surface area contributed by atoms with E-state index in [1.54, 1.807) is 0 Å². The van der Waals surface area contributed by atoms with Gasteiger partial charge in [0.25, 0.3) is 0 Å². The highest BCUT2D eigenvalue weighted by molar-refractivity contribution is 9.10. The third-order valence-corrected chi connectivity index (χ3v) is 2.38. The largest absolute Gasteiger partial charge is 0.382 e. The zero-order valence-electron chi connectivity index (χ0n) is 6.64. The number of hydrogen-bond donors (Lipinski definition) is 1. The Bertz CT molecular complexity index is 288. The maximum Gasteiger partial charge on any atom is 0.0737 e. The van der Waals surface area contributed by atoms with Crippen molar-refractivity contribution in [3.8, 4) is 0 Å². The maximum absolute atomic E-state index is 5.38. The van der Waals surface area contributed by atoms with E-state index in [2.05, 4.69) is 33.4 Å². The number of hydrogen-bond acceptors (Lipinski definition) is 2. The van der Waals surface area contributed by atoms with Crippen molar-refractivity contribution in [1.82, 2.24) is 0 Å². The summed E-state index contributed by atoms with van der Waals surface area (Å²) in [4.78, 5) is 0. The van der Waals surface area contributed by atoms with Crippen LogP contribution >= 0.6 is 15.9 Å². The van der Waals surface area contributed by atoms with Gasteiger partial charge in [-0.2, -0.15) is 0 Å². The number of fused-ring (bicyclic) bond motifs is 1. The highest BCUT2D eigenvalue weighted by Gasteiger charge is 2.06. The standard InChI is InChI=1S/C9H10BrNO/c10-8-2-1-7-6-12-4-3-11-9(7)5-8/h1-2,5,11H,3-4,6H2. The molecule has 1 aliphatic heterocycles. The van der Waals surface area contributed by atoms with Crippen molar-refractivity contribution in [1.29, 1.82) is 0 Å². The third kappa shape index (κ3) is 1.62. The van der Waals surface area contributed by atoms with Crippen molar-refractivity contribution in [2.24, 2.45) is 0 Å². The fourth-order valence-corrected chi connectivity index (χ4v) is 1.64. The highest BCUT2D eigenvalue weighted by atomic mass is 79.9. The molecule has 0 spiro atoms. The van der Waals surface area contributed by atoms with Crippen LogP contribution in [-0.2, 0) is 11.3 Å². The number of halogens is 1. The molecule has 0 unspecified atom stereocenters. The van der Waals surface area contributed by atoms with Gasteiger partial charge in [-0.15, -0.1) is 0 Å². The van der Waals surface area contributed by atoms with Crippen LogP contribution < -0.4 is 5.32 Å². The molecule has 3 heteroatoms. The first-order valence-electron chi connectivity index (χ1n) is 3.96. The van der Waals surface area contributed by atoms with Gasteiger partial charge in [0.15, 0.2) is 0 Å². The number of ether oxygens (including phenoxy) is 1. The molecule has 0 aromatic heterocycles. The number of anilines is 1. The van der Waals surface area contributed by atoms with E-state index in [0.29, 0.717) is 0 Å². The summed E-state index contributed by atoms with van der Waals surface area (Å²) in [5, 5.41) is 3.31. The van der Waals surface area contributed by atoms with Crippen molar-refractivity contribution >= 4 is 21.6 Å². The van der Waals surface area contributed by atoms with Gasteiger partial charge in [0.1, 0.15) is 0 Å². The molecule has 1 heterocycles. The minimum absolute atomic E-state index is 0.718. The van der Waals surface area contributed by atoms with E-state index in [4.69, 9.17) is 4.74 Å². The molecule has 0 saturated heterocycles. The Morgan fingerprint density at radius 3 is 3.25 bits per heavy atom. The third-order valence-electron chi connectivity index (χ3n) is 1.89. The molecule has 1 aromatic rings. The van der Waals surface area contributed by atoms with Crippen LogP contribution in [0, 0.1) is 0 Å². The second kappa shape index (κ2) is 3.46. The summed E-state index contributed by atoms with van der Waals surface area (Å²) in [6.45, 7) is 2.39. The van der Waals surface area contributed by atoms with Crippen molar-refractivity contribution in [2.75, 3.05) is 18.5 Å². The van der Waals surface area contributed by atoms with Gasteiger partial charge in [-0.25, -0.2) is 0 Å². The quantitative estimate of drug-likeness (QED) is 0.736. The van der Waals surface area contributed by atoms with Crippen LogP contribution in [0.2, 0.25) is 0 Å². The first kappa shape index (κ1) is 8.08. The summed E-state index contributed by atoms with van der Waals surface area (Å²) in [6.07, 6.45) is 0. The Morgan fingerprint density at radius 1 is 1.42 bits per heavy atom. The van der Waals surface area contributed by atoms with Crippen LogP contribution in [0.5, 0.6) is 0 Å². The topological polar surface area (TPSA) is 21.3 Å². The molecule has 1 aromatic carbocycles. The van der Waals surface area contributed by atoms with Gasteiger partial charge in [-0.1, -0.05) is 22.0 Å². The maximum atomic E-state index is 5.38. The van der Waals surface area contributed by atoms with E-state index in [0.717, 1.165) is 24.2 Å². The van der Waals surface area contributed by atoms with Crippen LogP contribution in [0.3, 0.4) is 0 Å². The monoisotopic (exact) mass is 227 g/mol. The molecule has 0 fully saturated rings. The van der Waals surface area contributed by atoms with E-state index in [-0.39, 0.29) is 0 Å². The molecule has 2 nitrogen and oxygen atoms in total. The molecule has 12 heavy (non-hydrogen) atoms. The highest BCUT2D eigenvalue weighted by Crippen LogP contribution is 2.23. The van der Waals surface area contributed by atoms with Crippen LogP contribution in [0.1, 0.15) is 5.56 Å². The predicted octanol–water partition coefficient (Wildman–Crippen LogP) is 2.39. The number of rotatable bonds is 0. The number of nitrogens with one attached hydrogen (secondary N) is 1. The van der Waals surface area contributed by atoms with Crippen LogP contribution in [0.4, 0.5) is 5.69 Å². The lowest BCUT2D eigenvalue weighted by molar-refractivity contribution is 0.134. The molecule has 64 valence electrons. The average Bonchev–Trinajstić information content (AvgIpc) is 2.28. The fourth-order valence-electron chi connectivity index (χ4n) is 1.28. The summed E-state index contributed by atoms with van der Waals surface area (Å²) in [7, 11) is 0. The summed E-state index contributed by atoms with van der Waals surface area (Å²) in [5.41, 5.74) is 2.41. The average molecular weight is 228 g/mol. The lowest BCUT2D eigenvalue weighted by Crippen LogP contribution is -2.04. The van der Waals surface area contributed by atoms with E-state index >= 15 is 0 Å². The first-order chi connectivity index (χ1) is 5.86. The summed E-state index contributed by atoms with van der Waals surface area (Å²) in [5.74, 6) is 0. The smallest absolute Gasteiger partial charge is 0.0737 e. The molecule has 1 aliphatic rings. The van der Waals surface area contributed by atoms with Gasteiger partial charge in [0.2, 0.25) is 0 Å². The lowest BCUT2D eigenvalue weighted by atomic mass is 10.2. The van der Waals surface area contributed by atoms with E-state index < -0.39 is 0 Å². The van der Waals surface area contributed by atoms with Gasteiger partial charge < -0.3 is 10.1 Å². The zero-order chi connectivity index (χ0) is 8.39. The molecular weight excluding hydrogens is 218 g/mol. The van der Waals surface area contributed by atoms with Crippen LogP contribution in [0.15, 0.2) is 22.7 Å². The molecule has 0 atom stereocenters. The Balaban J connectivity index is 2.36. The lowest BCUT2D eigenvalue weighted by Gasteiger charge is -2.05. The summed E-state index contributed by atoms with van der Waals surface area (Å²) < 4.78 is 6.49. The van der Waals surface area contributed by atoms with Gasteiger partial charge >= 0.3 is 0 Å². The van der Waals surface area contributed by atoms with Gasteiger partial charge in [-0.05, 0) is 12.1 Å². The SMILES string of the molecule is Brc1ccc2c(c1)NCCOC2. The van der Waals surface area contributed by atoms with E-state index in [1.165, 1.54) is 11.3 Å². The van der Waals surface area contributed by atoms with E-state index in [1.807, 2.05) is 6.07 Å². The second-order valence-corrected chi connectivity index (χ2v) is 3.70. The fraction of sp³-hybridized carbons (Fsp3) is 0.333. The molecule has 0 saturated carbocycles. The summed E-state index contributed by atoms with van der Waals surface area (Å²) in [6, 6.07) is 6.21. The Kier molecular flexibility index (Phi) is 2.33. The minimum atomic E-state index is 0.718. The van der Waals surface area contributed by atoms with Gasteiger partial charge in [-0.3, -0.25) is 0 Å². The normalized spacial score (nSPS) is 16.1. The molecular formula is C9H10BrNO. The minimum Gasteiger partial charge on any atom is -0.382 e. The van der Waals surface area contributed by atoms with Crippen molar-refractivity contribution in [3.63, 3.8) is 0 Å². The van der Waals surface area contributed by atoms with Crippen molar-refractivity contribution in [2.45, 2.75) is 6.61 Å². The van der Waals surface area contributed by atoms with Gasteiger partial charge in [0.05, 0.1) is 13.2 Å². The molecule has 0 amide bonds. The summed E-state index contributed by atoms with van der Waals surface area (Å²) >= 11 is 3.44. The predicted molar refractivity (Wildman–Crippen MR) is 52.3 cm³/mol. The van der Waals surface area contributed by atoms with Crippen molar-refractivity contribution in [3.05, 3.63) is 28.2 Å². The molecule has 1 N–H and O–H groups in total. The van der Waals surface area contributed by atoms with Crippen LogP contribution in [-0.4, -0.2) is 13.2 Å². The molecule has 0 radical (unpaired) electrons. The number of benzene rings is 1. The van der Waals surface area contributed by atoms with E-state index in [9.17, 15) is 0 Å². The Hall–Kier alpha value is -0.540. The molecule has 0 bridgehead atoms. The van der Waals surface area contributed by atoms with Crippen molar-refractivity contribution < 1.29 is 4.74 Å². The first-order valence-corrected chi connectivity index (χ1v) is 4.75. The molecule has 2 rings (SSSR count). The zero-order valence-corrected chi connectivity index (χ0v) is 8.23. The Morgan fingerprint density at radius 2 is 2.33 bits per heavy atom. The Labute approximate surface area is 80.1 Å². The van der Waals surface area contributed by atoms with Crippen LogP contribution in [0.25, 0.3) is 0 Å². The van der Waals surface area contributed by atoms with Gasteiger partial charge in [0, 0.05) is 22.3 Å². The molecule has 0 aliphatic carbocycles. The second-order valence-electron chi connectivity index (χ2n) is 2.78.